The van der Waals surface area contributed by atoms with Crippen LogP contribution in [-0.4, -0.2) is 34.3 Å². The highest BCUT2D eigenvalue weighted by Gasteiger charge is 2.31. The van der Waals surface area contributed by atoms with Crippen molar-refractivity contribution in [2.75, 3.05) is 18.0 Å². The molecule has 1 saturated carbocycles. The predicted octanol–water partition coefficient (Wildman–Crippen LogP) is 2.57. The van der Waals surface area contributed by atoms with Crippen molar-refractivity contribution >= 4 is 5.82 Å². The monoisotopic (exact) mass is 313 g/mol. The number of hydrogen-bond acceptors (Lipinski definition) is 6. The van der Waals surface area contributed by atoms with Crippen LogP contribution in [0.1, 0.15) is 44.4 Å². The highest BCUT2D eigenvalue weighted by Crippen LogP contribution is 2.40. The summed E-state index contributed by atoms with van der Waals surface area (Å²) < 4.78 is 5.42. The van der Waals surface area contributed by atoms with E-state index < -0.39 is 0 Å². The Labute approximate surface area is 136 Å². The maximum Gasteiger partial charge on any atom is 0.230 e. The van der Waals surface area contributed by atoms with Crippen molar-refractivity contribution in [2.24, 2.45) is 11.7 Å². The summed E-state index contributed by atoms with van der Waals surface area (Å²) in [6.07, 6.45) is 6.18. The molecule has 2 fully saturated rings. The largest absolute Gasteiger partial charge is 0.357 e. The number of anilines is 1. The van der Waals surface area contributed by atoms with Crippen LogP contribution in [0, 0.1) is 5.92 Å². The SMILES string of the molecule is CC1CC(c2nc(-c3ccc(N4CCC(N)CC4)nc3)no2)C1. The van der Waals surface area contributed by atoms with E-state index in [-0.39, 0.29) is 0 Å². The Morgan fingerprint density at radius 3 is 2.65 bits per heavy atom. The summed E-state index contributed by atoms with van der Waals surface area (Å²) in [5, 5.41) is 4.11. The topological polar surface area (TPSA) is 81.1 Å². The fourth-order valence-corrected chi connectivity index (χ4v) is 3.46. The number of nitrogens with zero attached hydrogens (tertiary/aromatic N) is 4. The van der Waals surface area contributed by atoms with E-state index in [4.69, 9.17) is 10.3 Å². The quantitative estimate of drug-likeness (QED) is 0.938. The zero-order chi connectivity index (χ0) is 15.8. The van der Waals surface area contributed by atoms with Gasteiger partial charge in [0.15, 0.2) is 0 Å². The van der Waals surface area contributed by atoms with Gasteiger partial charge in [0.1, 0.15) is 5.82 Å². The van der Waals surface area contributed by atoms with Crippen LogP contribution >= 0.6 is 0 Å². The Kier molecular flexibility index (Phi) is 3.77. The molecule has 4 rings (SSSR count). The molecule has 2 aromatic rings. The van der Waals surface area contributed by atoms with Gasteiger partial charge in [-0.2, -0.15) is 4.98 Å². The van der Waals surface area contributed by atoms with Gasteiger partial charge in [-0.1, -0.05) is 12.1 Å². The van der Waals surface area contributed by atoms with Gasteiger partial charge >= 0.3 is 0 Å². The second-order valence-corrected chi connectivity index (χ2v) is 6.96. The van der Waals surface area contributed by atoms with Gasteiger partial charge in [-0.05, 0) is 43.7 Å². The molecule has 0 aromatic carbocycles. The molecule has 1 aliphatic carbocycles. The summed E-state index contributed by atoms with van der Waals surface area (Å²) in [7, 11) is 0. The lowest BCUT2D eigenvalue weighted by Crippen LogP contribution is -2.40. The highest BCUT2D eigenvalue weighted by atomic mass is 16.5. The lowest BCUT2D eigenvalue weighted by atomic mass is 9.76. The molecule has 6 nitrogen and oxygen atoms in total. The minimum absolute atomic E-state index is 0.331. The van der Waals surface area contributed by atoms with Crippen molar-refractivity contribution in [1.29, 1.82) is 0 Å². The number of pyridine rings is 1. The van der Waals surface area contributed by atoms with Crippen molar-refractivity contribution in [3.8, 4) is 11.4 Å². The summed E-state index contributed by atoms with van der Waals surface area (Å²) in [6.45, 7) is 4.20. The van der Waals surface area contributed by atoms with Gasteiger partial charge in [-0.15, -0.1) is 0 Å². The third-order valence-electron chi connectivity index (χ3n) is 5.03. The Bertz CT molecular complexity index is 654. The minimum Gasteiger partial charge on any atom is -0.357 e. The van der Waals surface area contributed by atoms with Crippen molar-refractivity contribution in [2.45, 2.75) is 44.6 Å². The second kappa shape index (κ2) is 5.92. The van der Waals surface area contributed by atoms with Crippen LogP contribution in [0.2, 0.25) is 0 Å². The van der Waals surface area contributed by atoms with E-state index in [0.717, 1.165) is 62.0 Å². The van der Waals surface area contributed by atoms with Gasteiger partial charge < -0.3 is 15.2 Å². The number of aromatic nitrogens is 3. The lowest BCUT2D eigenvalue weighted by molar-refractivity contribution is 0.227. The first-order chi connectivity index (χ1) is 11.2. The van der Waals surface area contributed by atoms with E-state index in [1.807, 2.05) is 18.3 Å². The molecule has 2 N–H and O–H groups in total. The highest BCUT2D eigenvalue weighted by molar-refractivity contribution is 5.56. The van der Waals surface area contributed by atoms with Gasteiger partial charge in [-0.3, -0.25) is 0 Å². The smallest absolute Gasteiger partial charge is 0.230 e. The van der Waals surface area contributed by atoms with E-state index in [1.54, 1.807) is 0 Å². The summed E-state index contributed by atoms with van der Waals surface area (Å²) in [5.41, 5.74) is 6.86. The van der Waals surface area contributed by atoms with Crippen molar-refractivity contribution in [3.63, 3.8) is 0 Å². The maximum atomic E-state index is 5.95. The molecule has 2 aliphatic rings. The molecule has 122 valence electrons. The average Bonchev–Trinajstić information content (AvgIpc) is 3.02. The molecular weight excluding hydrogens is 290 g/mol. The third-order valence-corrected chi connectivity index (χ3v) is 5.03. The first-order valence-corrected chi connectivity index (χ1v) is 8.49. The lowest BCUT2D eigenvalue weighted by Gasteiger charge is -2.31. The zero-order valence-corrected chi connectivity index (χ0v) is 13.5. The molecule has 0 radical (unpaired) electrons. The summed E-state index contributed by atoms with van der Waals surface area (Å²) in [5.74, 6) is 3.62. The normalized spacial score (nSPS) is 25.4. The molecule has 0 atom stereocenters. The summed E-state index contributed by atoms with van der Waals surface area (Å²) in [4.78, 5) is 11.4. The van der Waals surface area contributed by atoms with Crippen LogP contribution in [0.5, 0.6) is 0 Å². The molecular formula is C17H23N5O. The van der Waals surface area contributed by atoms with Crippen LogP contribution in [0.25, 0.3) is 11.4 Å². The van der Waals surface area contributed by atoms with Gasteiger partial charge in [0.25, 0.3) is 0 Å². The molecule has 0 spiro atoms. The summed E-state index contributed by atoms with van der Waals surface area (Å²) in [6, 6.07) is 4.39. The van der Waals surface area contributed by atoms with Gasteiger partial charge in [0.2, 0.25) is 11.7 Å². The molecule has 1 aliphatic heterocycles. The minimum atomic E-state index is 0.331. The number of rotatable bonds is 3. The van der Waals surface area contributed by atoms with Crippen LogP contribution in [-0.2, 0) is 0 Å². The average molecular weight is 313 g/mol. The van der Waals surface area contributed by atoms with E-state index in [1.165, 1.54) is 0 Å². The van der Waals surface area contributed by atoms with Crippen LogP contribution in [0.4, 0.5) is 5.82 Å². The van der Waals surface area contributed by atoms with Gasteiger partial charge in [0.05, 0.1) is 0 Å². The van der Waals surface area contributed by atoms with E-state index in [0.29, 0.717) is 17.8 Å². The predicted molar refractivity (Wildman–Crippen MR) is 88.1 cm³/mol. The molecule has 2 aromatic heterocycles. The number of nitrogens with two attached hydrogens (primary N) is 1. The number of piperidine rings is 1. The number of hydrogen-bond donors (Lipinski definition) is 1. The van der Waals surface area contributed by atoms with Crippen molar-refractivity contribution in [1.82, 2.24) is 15.1 Å². The van der Waals surface area contributed by atoms with Crippen LogP contribution in [0.15, 0.2) is 22.9 Å². The van der Waals surface area contributed by atoms with Gasteiger partial charge in [0, 0.05) is 36.8 Å². The molecule has 23 heavy (non-hydrogen) atoms. The van der Waals surface area contributed by atoms with Crippen LogP contribution in [0.3, 0.4) is 0 Å². The Morgan fingerprint density at radius 2 is 2.00 bits per heavy atom. The fraction of sp³-hybridized carbons (Fsp3) is 0.588. The zero-order valence-electron chi connectivity index (χ0n) is 13.5. The van der Waals surface area contributed by atoms with E-state index in [2.05, 4.69) is 26.9 Å². The standard InChI is InChI=1S/C17H23N5O/c1-11-8-13(9-11)17-20-16(21-23-17)12-2-3-15(19-10-12)22-6-4-14(18)5-7-22/h2-3,10-11,13-14H,4-9,18H2,1H3. The second-order valence-electron chi connectivity index (χ2n) is 6.96. The molecule has 6 heteroatoms. The van der Waals surface area contributed by atoms with E-state index >= 15 is 0 Å². The summed E-state index contributed by atoms with van der Waals surface area (Å²) >= 11 is 0. The first kappa shape index (κ1) is 14.6. The molecule has 3 heterocycles. The fourth-order valence-electron chi connectivity index (χ4n) is 3.46. The van der Waals surface area contributed by atoms with Crippen molar-refractivity contribution in [3.05, 3.63) is 24.2 Å². The Morgan fingerprint density at radius 1 is 1.22 bits per heavy atom. The Hall–Kier alpha value is -1.95. The molecule has 0 bridgehead atoms. The molecule has 1 saturated heterocycles. The van der Waals surface area contributed by atoms with Crippen molar-refractivity contribution < 1.29 is 4.52 Å². The maximum absolute atomic E-state index is 5.95. The first-order valence-electron chi connectivity index (χ1n) is 8.49. The molecule has 0 unspecified atom stereocenters. The third kappa shape index (κ3) is 2.95. The van der Waals surface area contributed by atoms with E-state index in [9.17, 15) is 0 Å². The Balaban J connectivity index is 1.45. The molecule has 0 amide bonds. The van der Waals surface area contributed by atoms with Gasteiger partial charge in [-0.25, -0.2) is 4.98 Å². The van der Waals surface area contributed by atoms with Crippen LogP contribution < -0.4 is 10.6 Å².